The molecule has 4 heteroatoms. The largest absolute Gasteiger partial charge is 0.493 e. The molecule has 1 N–H and O–H groups in total. The highest BCUT2D eigenvalue weighted by molar-refractivity contribution is 9.10. The monoisotopic (exact) mass is 333 g/mol. The summed E-state index contributed by atoms with van der Waals surface area (Å²) in [5, 5.41) is 2.90. The molecule has 0 aliphatic carbocycles. The molecule has 2 aromatic carbocycles. The van der Waals surface area contributed by atoms with Crippen LogP contribution in [-0.4, -0.2) is 12.5 Å². The highest BCUT2D eigenvalue weighted by atomic mass is 79.9. The molecule has 0 heterocycles. The first-order valence-corrected chi connectivity index (χ1v) is 7.24. The minimum atomic E-state index is -0.140. The molecule has 0 aromatic heterocycles. The standard InChI is InChI=1S/C16H16BrNO2/c1-2-20-15-9-8-13(17)10-14(15)16(19)18-11-12-6-4-3-5-7-12/h3-10H,2,11H2,1H3,(H,18,19). The van der Waals surface area contributed by atoms with E-state index < -0.39 is 0 Å². The topological polar surface area (TPSA) is 38.3 Å². The number of benzene rings is 2. The molecule has 0 saturated heterocycles. The summed E-state index contributed by atoms with van der Waals surface area (Å²) in [6, 6.07) is 15.2. The predicted octanol–water partition coefficient (Wildman–Crippen LogP) is 3.78. The first kappa shape index (κ1) is 14.6. The predicted molar refractivity (Wildman–Crippen MR) is 82.9 cm³/mol. The van der Waals surface area contributed by atoms with Gasteiger partial charge in [-0.2, -0.15) is 0 Å². The van der Waals surface area contributed by atoms with E-state index in [1.807, 2.05) is 43.3 Å². The Morgan fingerprint density at radius 1 is 1.20 bits per heavy atom. The lowest BCUT2D eigenvalue weighted by Crippen LogP contribution is -2.23. The number of carbonyl (C=O) groups excluding carboxylic acids is 1. The van der Waals surface area contributed by atoms with Gasteiger partial charge in [-0.1, -0.05) is 46.3 Å². The summed E-state index contributed by atoms with van der Waals surface area (Å²) in [6.45, 7) is 2.92. The van der Waals surface area contributed by atoms with Crippen molar-refractivity contribution >= 4 is 21.8 Å². The molecular formula is C16H16BrNO2. The molecule has 1 amide bonds. The van der Waals surface area contributed by atoms with Gasteiger partial charge in [0.25, 0.3) is 5.91 Å². The van der Waals surface area contributed by atoms with Crippen molar-refractivity contribution in [2.24, 2.45) is 0 Å². The van der Waals surface area contributed by atoms with E-state index in [9.17, 15) is 4.79 Å². The number of hydrogen-bond donors (Lipinski definition) is 1. The van der Waals surface area contributed by atoms with E-state index in [4.69, 9.17) is 4.74 Å². The number of ether oxygens (including phenoxy) is 1. The number of amides is 1. The Kier molecular flexibility index (Phi) is 5.18. The number of rotatable bonds is 5. The van der Waals surface area contributed by atoms with Crippen molar-refractivity contribution in [3.8, 4) is 5.75 Å². The van der Waals surface area contributed by atoms with Crippen molar-refractivity contribution in [3.05, 3.63) is 64.1 Å². The maximum Gasteiger partial charge on any atom is 0.255 e. The Labute approximate surface area is 127 Å². The fraction of sp³-hybridized carbons (Fsp3) is 0.188. The lowest BCUT2D eigenvalue weighted by Gasteiger charge is -2.11. The molecule has 0 radical (unpaired) electrons. The summed E-state index contributed by atoms with van der Waals surface area (Å²) in [7, 11) is 0. The van der Waals surface area contributed by atoms with E-state index in [-0.39, 0.29) is 5.91 Å². The SMILES string of the molecule is CCOc1ccc(Br)cc1C(=O)NCc1ccccc1. The first-order valence-electron chi connectivity index (χ1n) is 6.45. The van der Waals surface area contributed by atoms with Crippen LogP contribution in [0, 0.1) is 0 Å². The molecular weight excluding hydrogens is 318 g/mol. The van der Waals surface area contributed by atoms with Crippen molar-refractivity contribution in [3.63, 3.8) is 0 Å². The van der Waals surface area contributed by atoms with Gasteiger partial charge in [0, 0.05) is 11.0 Å². The third-order valence-electron chi connectivity index (χ3n) is 2.78. The van der Waals surface area contributed by atoms with Crippen LogP contribution in [0.4, 0.5) is 0 Å². The molecule has 0 unspecified atom stereocenters. The van der Waals surface area contributed by atoms with Gasteiger partial charge in [0.2, 0.25) is 0 Å². The number of hydrogen-bond acceptors (Lipinski definition) is 2. The first-order chi connectivity index (χ1) is 9.70. The molecule has 0 saturated carbocycles. The average molecular weight is 334 g/mol. The Morgan fingerprint density at radius 2 is 1.95 bits per heavy atom. The Balaban J connectivity index is 2.10. The lowest BCUT2D eigenvalue weighted by atomic mass is 10.1. The van der Waals surface area contributed by atoms with Gasteiger partial charge >= 0.3 is 0 Å². The van der Waals surface area contributed by atoms with Crippen LogP contribution in [0.25, 0.3) is 0 Å². The molecule has 0 bridgehead atoms. The van der Waals surface area contributed by atoms with E-state index in [0.717, 1.165) is 10.0 Å². The zero-order valence-electron chi connectivity index (χ0n) is 11.2. The van der Waals surface area contributed by atoms with Crippen LogP contribution in [-0.2, 0) is 6.54 Å². The second-order valence-electron chi connectivity index (χ2n) is 4.24. The highest BCUT2D eigenvalue weighted by Crippen LogP contribution is 2.23. The molecule has 2 rings (SSSR count). The van der Waals surface area contributed by atoms with Gasteiger partial charge < -0.3 is 10.1 Å². The molecule has 0 aliphatic heterocycles. The molecule has 0 fully saturated rings. The van der Waals surface area contributed by atoms with Crippen LogP contribution in [0.5, 0.6) is 5.75 Å². The number of nitrogens with one attached hydrogen (secondary N) is 1. The minimum Gasteiger partial charge on any atom is -0.493 e. The van der Waals surface area contributed by atoms with Crippen LogP contribution in [0.15, 0.2) is 53.0 Å². The maximum atomic E-state index is 12.3. The van der Waals surface area contributed by atoms with Gasteiger partial charge in [-0.25, -0.2) is 0 Å². The Morgan fingerprint density at radius 3 is 2.65 bits per heavy atom. The molecule has 104 valence electrons. The van der Waals surface area contributed by atoms with E-state index >= 15 is 0 Å². The molecule has 2 aromatic rings. The summed E-state index contributed by atoms with van der Waals surface area (Å²) >= 11 is 3.38. The van der Waals surface area contributed by atoms with Gasteiger partial charge in [-0.15, -0.1) is 0 Å². The van der Waals surface area contributed by atoms with Gasteiger partial charge in [0.15, 0.2) is 0 Å². The summed E-state index contributed by atoms with van der Waals surface area (Å²) in [6.07, 6.45) is 0. The summed E-state index contributed by atoms with van der Waals surface area (Å²) in [5.41, 5.74) is 1.60. The molecule has 3 nitrogen and oxygen atoms in total. The quantitative estimate of drug-likeness (QED) is 0.904. The Bertz CT molecular complexity index is 584. The molecule has 0 spiro atoms. The van der Waals surface area contributed by atoms with E-state index in [1.165, 1.54) is 0 Å². The minimum absolute atomic E-state index is 0.140. The van der Waals surface area contributed by atoms with Crippen molar-refractivity contribution in [1.82, 2.24) is 5.32 Å². The van der Waals surface area contributed by atoms with Crippen LogP contribution in [0.3, 0.4) is 0 Å². The zero-order chi connectivity index (χ0) is 14.4. The summed E-state index contributed by atoms with van der Waals surface area (Å²) < 4.78 is 6.34. The fourth-order valence-corrected chi connectivity index (χ4v) is 2.20. The van der Waals surface area contributed by atoms with Crippen LogP contribution >= 0.6 is 15.9 Å². The van der Waals surface area contributed by atoms with Gasteiger partial charge in [-0.05, 0) is 30.7 Å². The van der Waals surface area contributed by atoms with Crippen LogP contribution in [0.2, 0.25) is 0 Å². The molecule has 0 atom stereocenters. The van der Waals surface area contributed by atoms with Crippen molar-refractivity contribution < 1.29 is 9.53 Å². The Hall–Kier alpha value is -1.81. The average Bonchev–Trinajstić information content (AvgIpc) is 2.48. The number of carbonyl (C=O) groups is 1. The third kappa shape index (κ3) is 3.84. The maximum absolute atomic E-state index is 12.3. The summed E-state index contributed by atoms with van der Waals surface area (Å²) in [5.74, 6) is 0.458. The van der Waals surface area contributed by atoms with Crippen molar-refractivity contribution in [2.75, 3.05) is 6.61 Å². The van der Waals surface area contributed by atoms with Gasteiger partial charge in [0.1, 0.15) is 5.75 Å². The lowest BCUT2D eigenvalue weighted by molar-refractivity contribution is 0.0947. The number of halogens is 1. The van der Waals surface area contributed by atoms with Crippen molar-refractivity contribution in [1.29, 1.82) is 0 Å². The van der Waals surface area contributed by atoms with Crippen LogP contribution < -0.4 is 10.1 Å². The smallest absolute Gasteiger partial charge is 0.255 e. The fourth-order valence-electron chi connectivity index (χ4n) is 1.83. The normalized spacial score (nSPS) is 10.1. The second-order valence-corrected chi connectivity index (χ2v) is 5.16. The van der Waals surface area contributed by atoms with Crippen LogP contribution in [0.1, 0.15) is 22.8 Å². The van der Waals surface area contributed by atoms with E-state index in [0.29, 0.717) is 24.5 Å². The molecule has 0 aliphatic rings. The second kappa shape index (κ2) is 7.10. The van der Waals surface area contributed by atoms with Crippen molar-refractivity contribution in [2.45, 2.75) is 13.5 Å². The van der Waals surface area contributed by atoms with Gasteiger partial charge in [-0.3, -0.25) is 4.79 Å². The van der Waals surface area contributed by atoms with Gasteiger partial charge in [0.05, 0.1) is 12.2 Å². The highest BCUT2D eigenvalue weighted by Gasteiger charge is 2.12. The summed E-state index contributed by atoms with van der Waals surface area (Å²) in [4.78, 5) is 12.3. The zero-order valence-corrected chi connectivity index (χ0v) is 12.8. The third-order valence-corrected chi connectivity index (χ3v) is 3.28. The van der Waals surface area contributed by atoms with E-state index in [2.05, 4.69) is 21.2 Å². The van der Waals surface area contributed by atoms with E-state index in [1.54, 1.807) is 12.1 Å². The molecule has 20 heavy (non-hydrogen) atoms.